The molecule has 1 aromatic heterocycles. The van der Waals surface area contributed by atoms with E-state index in [9.17, 15) is 0 Å². The molecular weight excluding hydrogens is 277 g/mol. The van der Waals surface area contributed by atoms with E-state index < -0.39 is 4.84 Å². The number of pyridine rings is 1. The molecule has 0 atom stereocenters. The van der Waals surface area contributed by atoms with Crippen molar-refractivity contribution >= 4 is 63.7 Å². The second-order valence-corrected chi connectivity index (χ2v) is 4.43. The van der Waals surface area contributed by atoms with Crippen molar-refractivity contribution in [1.82, 2.24) is 0 Å². The molecule has 0 aromatic carbocycles. The van der Waals surface area contributed by atoms with E-state index in [0.717, 1.165) is 0 Å². The third-order valence-corrected chi connectivity index (χ3v) is 2.98. The van der Waals surface area contributed by atoms with E-state index in [0.29, 0.717) is 5.69 Å². The number of aromatic nitrogens is 1. The van der Waals surface area contributed by atoms with Gasteiger partial charge in [-0.05, 0) is 11.6 Å². The first-order valence-electron chi connectivity index (χ1n) is 3.08. The molecule has 0 saturated heterocycles. The van der Waals surface area contributed by atoms with Crippen LogP contribution in [0, 0.1) is 0 Å². The smallest absolute Gasteiger partial charge is 0.294 e. The van der Waals surface area contributed by atoms with Gasteiger partial charge in [-0.3, -0.25) is 0 Å². The van der Waals surface area contributed by atoms with Gasteiger partial charge in [0.05, 0.1) is 5.69 Å². The molecule has 1 heterocycles. The van der Waals surface area contributed by atoms with Crippen molar-refractivity contribution in [2.75, 3.05) is 5.73 Å². The molecule has 0 amide bonds. The minimum absolute atomic E-state index is 0.157. The zero-order valence-electron chi connectivity index (χ0n) is 6.04. The average Bonchev–Trinajstić information content (AvgIpc) is 2.07. The van der Waals surface area contributed by atoms with Crippen LogP contribution >= 0.6 is 58.0 Å². The van der Waals surface area contributed by atoms with Crippen molar-refractivity contribution in [3.05, 3.63) is 20.9 Å². The van der Waals surface area contributed by atoms with E-state index in [4.69, 9.17) is 63.7 Å². The van der Waals surface area contributed by atoms with E-state index in [1.165, 1.54) is 0 Å². The molecule has 0 aliphatic carbocycles. The molecule has 2 nitrogen and oxygen atoms in total. The van der Waals surface area contributed by atoms with Crippen molar-refractivity contribution in [2.24, 2.45) is 0 Å². The molecule has 0 aliphatic rings. The zero-order chi connectivity index (χ0) is 10.2. The Labute approximate surface area is 99.9 Å². The van der Waals surface area contributed by atoms with Crippen LogP contribution in [0.5, 0.6) is 0 Å². The Balaban J connectivity index is 3.41. The molecule has 0 aliphatic heterocycles. The lowest BCUT2D eigenvalue weighted by molar-refractivity contribution is -0.385. The van der Waals surface area contributed by atoms with Crippen LogP contribution in [-0.2, 0) is 0 Å². The Morgan fingerprint density at radius 2 is 1.62 bits per heavy atom. The fraction of sp³-hybridized carbons (Fsp3) is 0.167. The van der Waals surface area contributed by atoms with Crippen LogP contribution in [-0.4, -0.2) is 0 Å². The SMILES string of the molecule is Nc1c(Cl)c(Cl)[nH+]c(C(Cl)Cl)c1Cl. The molecule has 0 fully saturated rings. The Hall–Kier alpha value is 0.400. The number of anilines is 1. The summed E-state index contributed by atoms with van der Waals surface area (Å²) in [4.78, 5) is 1.81. The van der Waals surface area contributed by atoms with Gasteiger partial charge < -0.3 is 5.73 Å². The van der Waals surface area contributed by atoms with Crippen LogP contribution in [0.25, 0.3) is 0 Å². The number of aromatic amines is 1. The number of H-pyrrole nitrogens is 1. The number of nitrogen functional groups attached to an aromatic ring is 1. The summed E-state index contributed by atoms with van der Waals surface area (Å²) in [5.74, 6) is 0. The van der Waals surface area contributed by atoms with E-state index in [2.05, 4.69) is 4.98 Å². The Morgan fingerprint density at radius 1 is 1.08 bits per heavy atom. The number of alkyl halides is 2. The topological polar surface area (TPSA) is 40.2 Å². The molecular formula is C6H4Cl5N2+. The van der Waals surface area contributed by atoms with Gasteiger partial charge in [-0.15, -0.1) is 0 Å². The molecule has 0 bridgehead atoms. The fourth-order valence-corrected chi connectivity index (χ4v) is 1.82. The summed E-state index contributed by atoms with van der Waals surface area (Å²) in [5, 5.41) is 0.499. The highest BCUT2D eigenvalue weighted by molar-refractivity contribution is 6.47. The number of hydrogen-bond donors (Lipinski definition) is 1. The third-order valence-electron chi connectivity index (χ3n) is 1.36. The Bertz CT molecular complexity index is 338. The van der Waals surface area contributed by atoms with Crippen LogP contribution in [0.15, 0.2) is 0 Å². The maximum atomic E-state index is 5.80. The van der Waals surface area contributed by atoms with E-state index in [1.807, 2.05) is 0 Å². The van der Waals surface area contributed by atoms with Crippen molar-refractivity contribution in [1.29, 1.82) is 0 Å². The Morgan fingerprint density at radius 3 is 2.08 bits per heavy atom. The summed E-state index contributed by atoms with van der Waals surface area (Å²) < 4.78 is 0. The second kappa shape index (κ2) is 4.28. The lowest BCUT2D eigenvalue weighted by Gasteiger charge is -2.03. The van der Waals surface area contributed by atoms with Crippen LogP contribution in [0.4, 0.5) is 5.69 Å². The van der Waals surface area contributed by atoms with Crippen LogP contribution in [0.2, 0.25) is 15.2 Å². The lowest BCUT2D eigenvalue weighted by Crippen LogP contribution is -2.15. The van der Waals surface area contributed by atoms with Gasteiger partial charge in [0.2, 0.25) is 5.69 Å². The predicted molar refractivity (Wildman–Crippen MR) is 56.9 cm³/mol. The summed E-state index contributed by atoms with van der Waals surface area (Å²) in [5.41, 5.74) is 6.03. The number of nitrogens with one attached hydrogen (secondary N) is 1. The van der Waals surface area contributed by atoms with Gasteiger partial charge >= 0.3 is 0 Å². The average molecular weight is 281 g/mol. The molecule has 1 aromatic rings. The minimum Gasteiger partial charge on any atom is -0.396 e. The van der Waals surface area contributed by atoms with Gasteiger partial charge in [0, 0.05) is 0 Å². The third kappa shape index (κ3) is 2.25. The van der Waals surface area contributed by atoms with Crippen LogP contribution in [0.1, 0.15) is 10.5 Å². The molecule has 72 valence electrons. The fourth-order valence-electron chi connectivity index (χ4n) is 0.738. The quantitative estimate of drug-likeness (QED) is 0.621. The second-order valence-electron chi connectivity index (χ2n) is 2.19. The van der Waals surface area contributed by atoms with Gasteiger partial charge in [-0.25, -0.2) is 0 Å². The highest BCUT2D eigenvalue weighted by Gasteiger charge is 2.24. The van der Waals surface area contributed by atoms with Crippen LogP contribution < -0.4 is 10.7 Å². The summed E-state index contributed by atoms with van der Waals surface area (Å²) in [7, 11) is 0. The maximum Gasteiger partial charge on any atom is 0.294 e. The van der Waals surface area contributed by atoms with Crippen molar-refractivity contribution in [3.63, 3.8) is 0 Å². The van der Waals surface area contributed by atoms with E-state index in [-0.39, 0.29) is 20.9 Å². The molecule has 0 saturated carbocycles. The van der Waals surface area contributed by atoms with E-state index in [1.54, 1.807) is 0 Å². The van der Waals surface area contributed by atoms with Crippen molar-refractivity contribution < 1.29 is 4.98 Å². The normalized spacial score (nSPS) is 10.9. The maximum absolute atomic E-state index is 5.80. The number of nitrogens with two attached hydrogens (primary N) is 1. The van der Waals surface area contributed by atoms with E-state index >= 15 is 0 Å². The van der Waals surface area contributed by atoms with Gasteiger partial charge in [0.25, 0.3) is 5.15 Å². The molecule has 0 spiro atoms. The largest absolute Gasteiger partial charge is 0.396 e. The molecule has 0 radical (unpaired) electrons. The monoisotopic (exact) mass is 279 g/mol. The summed E-state index contributed by atoms with van der Waals surface area (Å²) >= 11 is 28.4. The molecule has 13 heavy (non-hydrogen) atoms. The van der Waals surface area contributed by atoms with Gasteiger partial charge in [0.15, 0.2) is 4.84 Å². The minimum atomic E-state index is -0.829. The number of hydrogen-bond acceptors (Lipinski definition) is 1. The molecule has 0 unspecified atom stereocenters. The summed E-state index contributed by atoms with van der Waals surface area (Å²) in [6.07, 6.45) is 0. The van der Waals surface area contributed by atoms with Gasteiger partial charge in [-0.2, -0.15) is 4.98 Å². The first kappa shape index (κ1) is 11.5. The van der Waals surface area contributed by atoms with Crippen molar-refractivity contribution in [2.45, 2.75) is 4.84 Å². The molecule has 3 N–H and O–H groups in total. The summed E-state index contributed by atoms with van der Waals surface area (Å²) in [6, 6.07) is 0. The first-order chi connectivity index (χ1) is 5.95. The highest BCUT2D eigenvalue weighted by Crippen LogP contribution is 2.36. The van der Waals surface area contributed by atoms with Gasteiger partial charge in [0.1, 0.15) is 10.0 Å². The molecule has 1 rings (SSSR count). The summed E-state index contributed by atoms with van der Waals surface area (Å²) in [6.45, 7) is 0. The first-order valence-corrected chi connectivity index (χ1v) is 5.09. The Kier molecular flexibility index (Phi) is 3.78. The lowest BCUT2D eigenvalue weighted by atomic mass is 10.3. The number of rotatable bonds is 1. The van der Waals surface area contributed by atoms with Gasteiger partial charge in [-0.1, -0.05) is 46.4 Å². The molecule has 7 heteroatoms. The predicted octanol–water partition coefficient (Wildman–Crippen LogP) is 3.52. The number of halogens is 5. The zero-order valence-corrected chi connectivity index (χ0v) is 9.82. The standard InChI is InChI=1S/C6H3Cl5N2/c7-1-3(12)2(8)6(11)13-4(1)5(9)10/h5H,(H2,12,13)/p+1. The van der Waals surface area contributed by atoms with Crippen LogP contribution in [0.3, 0.4) is 0 Å². The van der Waals surface area contributed by atoms with Crippen molar-refractivity contribution in [3.8, 4) is 0 Å². The highest BCUT2D eigenvalue weighted by atomic mass is 35.5.